The van der Waals surface area contributed by atoms with Gasteiger partial charge in [0.1, 0.15) is 0 Å². The second-order valence-electron chi connectivity index (χ2n) is 6.82. The second kappa shape index (κ2) is 6.44. The van der Waals surface area contributed by atoms with E-state index in [0.717, 1.165) is 45.3 Å². The molecule has 2 atom stereocenters. The van der Waals surface area contributed by atoms with Gasteiger partial charge in [0.25, 0.3) is 0 Å². The number of thiophene rings is 1. The molecule has 0 aromatic carbocycles. The van der Waals surface area contributed by atoms with Crippen LogP contribution in [0.1, 0.15) is 31.2 Å². The Labute approximate surface area is 142 Å². The van der Waals surface area contributed by atoms with Crippen molar-refractivity contribution in [2.24, 2.45) is 0 Å². The molecule has 0 bridgehead atoms. The monoisotopic (exact) mass is 356 g/mol. The maximum atomic E-state index is 12.7. The number of rotatable bonds is 4. The van der Waals surface area contributed by atoms with Gasteiger partial charge in [0.15, 0.2) is 0 Å². The molecule has 5 nitrogen and oxygen atoms in total. The van der Waals surface area contributed by atoms with Crippen LogP contribution in [0.15, 0.2) is 16.8 Å². The minimum atomic E-state index is -3.11. The number of likely N-dealkylation sites (tertiary alicyclic amines) is 1. The molecule has 2 aliphatic heterocycles. The molecule has 1 saturated carbocycles. The zero-order chi connectivity index (χ0) is 15.9. The fourth-order valence-corrected chi connectivity index (χ4v) is 6.49. The SMILES string of the molecule is O=S(=O)(C1CC1)N1CCOC2CCN(Cc3ccsc3)CCC21. The maximum Gasteiger partial charge on any atom is 0.217 e. The van der Waals surface area contributed by atoms with Crippen molar-refractivity contribution < 1.29 is 13.2 Å². The molecule has 128 valence electrons. The largest absolute Gasteiger partial charge is 0.375 e. The standard InChI is InChI=1S/C16H24N2O3S2/c19-23(20,14-1-2-14)18-8-9-21-16-4-7-17(6-3-15(16)18)11-13-5-10-22-12-13/h5,10,12,14-16H,1-4,6-9,11H2. The highest BCUT2D eigenvalue weighted by Crippen LogP contribution is 2.35. The van der Waals surface area contributed by atoms with E-state index < -0.39 is 10.0 Å². The second-order valence-corrected chi connectivity index (χ2v) is 9.76. The van der Waals surface area contributed by atoms with Crippen LogP contribution in [0.3, 0.4) is 0 Å². The molecule has 3 aliphatic rings. The number of morpholine rings is 1. The zero-order valence-corrected chi connectivity index (χ0v) is 14.9. The Kier molecular flexibility index (Phi) is 4.49. The van der Waals surface area contributed by atoms with Crippen LogP contribution >= 0.6 is 11.3 Å². The van der Waals surface area contributed by atoms with Gasteiger partial charge in [0, 0.05) is 26.2 Å². The first-order valence-electron chi connectivity index (χ1n) is 8.50. The topological polar surface area (TPSA) is 49.9 Å². The number of sulfonamides is 1. The molecular weight excluding hydrogens is 332 g/mol. The van der Waals surface area contributed by atoms with Crippen molar-refractivity contribution in [1.82, 2.24) is 9.21 Å². The number of ether oxygens (including phenoxy) is 1. The van der Waals surface area contributed by atoms with Gasteiger partial charge in [-0.25, -0.2) is 8.42 Å². The van der Waals surface area contributed by atoms with E-state index in [2.05, 4.69) is 21.7 Å². The van der Waals surface area contributed by atoms with Gasteiger partial charge in [-0.05, 0) is 48.1 Å². The van der Waals surface area contributed by atoms with Crippen LogP contribution in [0.25, 0.3) is 0 Å². The van der Waals surface area contributed by atoms with Gasteiger partial charge >= 0.3 is 0 Å². The molecule has 4 rings (SSSR count). The molecule has 1 aromatic rings. The third-order valence-electron chi connectivity index (χ3n) is 5.17. The number of nitrogens with zero attached hydrogens (tertiary/aromatic N) is 2. The van der Waals surface area contributed by atoms with Crippen molar-refractivity contribution in [2.75, 3.05) is 26.2 Å². The Hall–Kier alpha value is -0.470. The molecule has 1 aliphatic carbocycles. The molecule has 7 heteroatoms. The first kappa shape index (κ1) is 16.0. The van der Waals surface area contributed by atoms with Crippen molar-refractivity contribution in [3.05, 3.63) is 22.4 Å². The lowest BCUT2D eigenvalue weighted by molar-refractivity contribution is -0.0409. The Morgan fingerprint density at radius 3 is 2.74 bits per heavy atom. The Morgan fingerprint density at radius 2 is 2.00 bits per heavy atom. The predicted octanol–water partition coefficient (Wildman–Crippen LogP) is 1.91. The van der Waals surface area contributed by atoms with Crippen LogP contribution in [0.5, 0.6) is 0 Å². The van der Waals surface area contributed by atoms with E-state index in [1.54, 1.807) is 15.6 Å². The van der Waals surface area contributed by atoms with Crippen LogP contribution in [0, 0.1) is 0 Å². The van der Waals surface area contributed by atoms with Crippen molar-refractivity contribution >= 4 is 21.4 Å². The van der Waals surface area contributed by atoms with Crippen molar-refractivity contribution in [3.8, 4) is 0 Å². The summed E-state index contributed by atoms with van der Waals surface area (Å²) >= 11 is 1.73. The van der Waals surface area contributed by atoms with Crippen LogP contribution in [-0.4, -0.2) is 61.3 Å². The van der Waals surface area contributed by atoms with E-state index in [0.29, 0.717) is 13.2 Å². The van der Waals surface area contributed by atoms with Crippen molar-refractivity contribution in [2.45, 2.75) is 49.6 Å². The minimum absolute atomic E-state index is 0.0295. The first-order chi connectivity index (χ1) is 11.1. The van der Waals surface area contributed by atoms with Gasteiger partial charge < -0.3 is 4.74 Å². The smallest absolute Gasteiger partial charge is 0.217 e. The molecule has 23 heavy (non-hydrogen) atoms. The molecule has 2 saturated heterocycles. The molecule has 1 aromatic heterocycles. The molecule has 3 heterocycles. The highest BCUT2D eigenvalue weighted by atomic mass is 32.2. The normalized spacial score (nSPS) is 30.8. The van der Waals surface area contributed by atoms with E-state index in [1.165, 1.54) is 5.56 Å². The van der Waals surface area contributed by atoms with Crippen molar-refractivity contribution in [3.63, 3.8) is 0 Å². The average molecular weight is 357 g/mol. The van der Waals surface area contributed by atoms with Crippen LogP contribution in [-0.2, 0) is 21.3 Å². The Morgan fingerprint density at radius 1 is 1.17 bits per heavy atom. The molecular formula is C16H24N2O3S2. The first-order valence-corrected chi connectivity index (χ1v) is 10.9. The summed E-state index contributed by atoms with van der Waals surface area (Å²) in [7, 11) is -3.11. The van der Waals surface area contributed by atoms with Gasteiger partial charge in [-0.15, -0.1) is 0 Å². The highest BCUT2D eigenvalue weighted by Gasteiger charge is 2.46. The van der Waals surface area contributed by atoms with E-state index in [4.69, 9.17) is 4.74 Å². The van der Waals surface area contributed by atoms with E-state index in [-0.39, 0.29) is 17.4 Å². The Balaban J connectivity index is 1.46. The lowest BCUT2D eigenvalue weighted by atomic mass is 10.0. The summed E-state index contributed by atoms with van der Waals surface area (Å²) in [6, 6.07) is 2.20. The summed E-state index contributed by atoms with van der Waals surface area (Å²) in [6.45, 7) is 3.95. The summed E-state index contributed by atoms with van der Waals surface area (Å²) in [5, 5.41) is 4.18. The summed E-state index contributed by atoms with van der Waals surface area (Å²) < 4.78 is 33.1. The van der Waals surface area contributed by atoms with Crippen LogP contribution in [0.4, 0.5) is 0 Å². The molecule has 0 spiro atoms. The summed E-state index contributed by atoms with van der Waals surface area (Å²) in [4.78, 5) is 2.44. The summed E-state index contributed by atoms with van der Waals surface area (Å²) in [5.74, 6) is 0. The van der Waals surface area contributed by atoms with Crippen molar-refractivity contribution in [1.29, 1.82) is 0 Å². The van der Waals surface area contributed by atoms with E-state index >= 15 is 0 Å². The average Bonchev–Trinajstić information content (AvgIpc) is 3.32. The molecule has 2 unspecified atom stereocenters. The highest BCUT2D eigenvalue weighted by molar-refractivity contribution is 7.90. The molecule has 0 amide bonds. The van der Waals surface area contributed by atoms with Gasteiger partial charge in [-0.2, -0.15) is 15.6 Å². The molecule has 0 N–H and O–H groups in total. The summed E-state index contributed by atoms with van der Waals surface area (Å²) in [5.41, 5.74) is 1.35. The maximum absolute atomic E-state index is 12.7. The van der Waals surface area contributed by atoms with Gasteiger partial charge in [-0.3, -0.25) is 4.90 Å². The zero-order valence-electron chi connectivity index (χ0n) is 13.3. The number of fused-ring (bicyclic) bond motifs is 1. The van der Waals surface area contributed by atoms with Crippen LogP contribution < -0.4 is 0 Å². The van der Waals surface area contributed by atoms with E-state index in [9.17, 15) is 8.42 Å². The summed E-state index contributed by atoms with van der Waals surface area (Å²) in [6.07, 6.45) is 3.53. The third kappa shape index (κ3) is 3.35. The molecule has 3 fully saturated rings. The van der Waals surface area contributed by atoms with E-state index in [1.807, 2.05) is 0 Å². The quantitative estimate of drug-likeness (QED) is 0.827. The predicted molar refractivity (Wildman–Crippen MR) is 91.0 cm³/mol. The lowest BCUT2D eigenvalue weighted by Gasteiger charge is -2.39. The van der Waals surface area contributed by atoms with Gasteiger partial charge in [-0.1, -0.05) is 0 Å². The minimum Gasteiger partial charge on any atom is -0.375 e. The van der Waals surface area contributed by atoms with Gasteiger partial charge in [0.05, 0.1) is 24.0 Å². The fraction of sp³-hybridized carbons (Fsp3) is 0.750. The lowest BCUT2D eigenvalue weighted by Crippen LogP contribution is -2.54. The van der Waals surface area contributed by atoms with Crippen LogP contribution in [0.2, 0.25) is 0 Å². The third-order valence-corrected chi connectivity index (χ3v) is 8.33. The molecule has 0 radical (unpaired) electrons. The van der Waals surface area contributed by atoms with Gasteiger partial charge in [0.2, 0.25) is 10.0 Å². The number of hydrogen-bond acceptors (Lipinski definition) is 5. The Bertz CT molecular complexity index is 628. The fourth-order valence-electron chi connectivity index (χ4n) is 3.77. The number of hydrogen-bond donors (Lipinski definition) is 0.